The van der Waals surface area contributed by atoms with E-state index in [-0.39, 0.29) is 18.1 Å². The number of amides is 1. The van der Waals surface area contributed by atoms with E-state index < -0.39 is 5.41 Å². The van der Waals surface area contributed by atoms with Gasteiger partial charge in [0.1, 0.15) is 5.75 Å². The molecule has 0 spiro atoms. The van der Waals surface area contributed by atoms with Crippen molar-refractivity contribution in [1.29, 1.82) is 0 Å². The van der Waals surface area contributed by atoms with Gasteiger partial charge in [0.2, 0.25) is 5.91 Å². The average Bonchev–Trinajstić information content (AvgIpc) is 2.77. The summed E-state index contributed by atoms with van der Waals surface area (Å²) < 4.78 is 5.28. The Balaban J connectivity index is 2.01. The standard InChI is InChI=1S/C19H19NO3/c1-19(12-17(21)13-7-5-4-6-8-13)15-11-14(23-3)9-10-16(15)20(2)18(19)22/h4-11H,12H2,1-3H3/t19-/m1/s1. The number of ether oxygens (including phenoxy) is 1. The van der Waals surface area contributed by atoms with Gasteiger partial charge in [0, 0.05) is 24.7 Å². The molecule has 0 unspecified atom stereocenters. The lowest BCUT2D eigenvalue weighted by atomic mass is 9.78. The fraction of sp³-hybridized carbons (Fsp3) is 0.263. The van der Waals surface area contributed by atoms with Crippen LogP contribution in [0.3, 0.4) is 0 Å². The number of rotatable bonds is 4. The Morgan fingerprint density at radius 1 is 1.17 bits per heavy atom. The number of carbonyl (C=O) groups excluding carboxylic acids is 2. The van der Waals surface area contributed by atoms with Crippen LogP contribution in [0.5, 0.6) is 5.75 Å². The van der Waals surface area contributed by atoms with Gasteiger partial charge in [-0.05, 0) is 30.7 Å². The Labute approximate surface area is 135 Å². The van der Waals surface area contributed by atoms with Crippen LogP contribution in [0.25, 0.3) is 0 Å². The van der Waals surface area contributed by atoms with Gasteiger partial charge in [-0.25, -0.2) is 0 Å². The monoisotopic (exact) mass is 309 g/mol. The van der Waals surface area contributed by atoms with Crippen molar-refractivity contribution in [1.82, 2.24) is 0 Å². The molecule has 1 heterocycles. The van der Waals surface area contributed by atoms with Crippen LogP contribution in [-0.2, 0) is 10.2 Å². The molecule has 0 saturated carbocycles. The molecule has 0 aromatic heterocycles. The largest absolute Gasteiger partial charge is 0.497 e. The lowest BCUT2D eigenvalue weighted by molar-refractivity contribution is -0.122. The third kappa shape index (κ3) is 2.40. The molecular formula is C19H19NO3. The van der Waals surface area contributed by atoms with Gasteiger partial charge in [-0.1, -0.05) is 30.3 Å². The quantitative estimate of drug-likeness (QED) is 0.815. The van der Waals surface area contributed by atoms with E-state index in [1.165, 1.54) is 0 Å². The normalized spacial score (nSPS) is 19.6. The molecule has 4 heteroatoms. The van der Waals surface area contributed by atoms with Crippen molar-refractivity contribution >= 4 is 17.4 Å². The lowest BCUT2D eigenvalue weighted by Crippen LogP contribution is -2.37. The second kappa shape index (κ2) is 5.54. The number of methoxy groups -OCH3 is 1. The van der Waals surface area contributed by atoms with Crippen molar-refractivity contribution in [3.63, 3.8) is 0 Å². The number of Topliss-reactive ketones (excluding diaryl/α,β-unsaturated/α-hetero) is 1. The molecule has 23 heavy (non-hydrogen) atoms. The number of hydrogen-bond acceptors (Lipinski definition) is 3. The summed E-state index contributed by atoms with van der Waals surface area (Å²) >= 11 is 0. The van der Waals surface area contributed by atoms with Crippen molar-refractivity contribution in [2.24, 2.45) is 0 Å². The van der Waals surface area contributed by atoms with Gasteiger partial charge in [-0.2, -0.15) is 0 Å². The first-order chi connectivity index (χ1) is 11.0. The summed E-state index contributed by atoms with van der Waals surface area (Å²) in [7, 11) is 3.33. The molecule has 0 bridgehead atoms. The molecule has 1 aliphatic rings. The molecule has 0 fully saturated rings. The Hall–Kier alpha value is -2.62. The van der Waals surface area contributed by atoms with E-state index in [4.69, 9.17) is 4.74 Å². The third-order valence-corrected chi connectivity index (χ3v) is 4.55. The number of nitrogens with zero attached hydrogens (tertiary/aromatic N) is 1. The number of benzene rings is 2. The second-order valence-electron chi connectivity index (χ2n) is 6.05. The first-order valence-corrected chi connectivity index (χ1v) is 7.52. The summed E-state index contributed by atoms with van der Waals surface area (Å²) in [5.41, 5.74) is 1.43. The number of fused-ring (bicyclic) bond motifs is 1. The molecule has 1 amide bonds. The van der Waals surface area contributed by atoms with Crippen LogP contribution >= 0.6 is 0 Å². The molecule has 2 aromatic carbocycles. The summed E-state index contributed by atoms with van der Waals surface area (Å²) in [6.45, 7) is 1.83. The number of likely N-dealkylation sites (N-methyl/N-ethyl adjacent to an activating group) is 1. The van der Waals surface area contributed by atoms with E-state index in [0.29, 0.717) is 11.3 Å². The number of anilines is 1. The van der Waals surface area contributed by atoms with Crippen LogP contribution < -0.4 is 9.64 Å². The van der Waals surface area contributed by atoms with Crippen molar-refractivity contribution in [2.75, 3.05) is 19.1 Å². The number of ketones is 1. The summed E-state index contributed by atoms with van der Waals surface area (Å²) in [6.07, 6.45) is 0.139. The fourth-order valence-corrected chi connectivity index (χ4v) is 3.19. The minimum atomic E-state index is -0.869. The second-order valence-corrected chi connectivity index (χ2v) is 6.05. The molecule has 2 aromatic rings. The Morgan fingerprint density at radius 3 is 2.52 bits per heavy atom. The summed E-state index contributed by atoms with van der Waals surface area (Å²) in [5.74, 6) is 0.584. The molecule has 1 aliphatic heterocycles. The topological polar surface area (TPSA) is 46.6 Å². The molecular weight excluding hydrogens is 290 g/mol. The summed E-state index contributed by atoms with van der Waals surface area (Å²) in [5, 5.41) is 0. The Bertz CT molecular complexity index is 769. The Kier molecular flexibility index (Phi) is 3.68. The Morgan fingerprint density at radius 2 is 1.87 bits per heavy atom. The average molecular weight is 309 g/mol. The smallest absolute Gasteiger partial charge is 0.237 e. The van der Waals surface area contributed by atoms with Crippen LogP contribution in [0.4, 0.5) is 5.69 Å². The van der Waals surface area contributed by atoms with E-state index in [0.717, 1.165) is 11.3 Å². The van der Waals surface area contributed by atoms with Gasteiger partial charge in [0.25, 0.3) is 0 Å². The van der Waals surface area contributed by atoms with Crippen molar-refractivity contribution in [3.05, 3.63) is 59.7 Å². The molecule has 0 radical (unpaired) electrons. The predicted molar refractivity (Wildman–Crippen MR) is 89.1 cm³/mol. The molecule has 0 saturated heterocycles. The fourth-order valence-electron chi connectivity index (χ4n) is 3.19. The van der Waals surface area contributed by atoms with Crippen molar-refractivity contribution < 1.29 is 14.3 Å². The highest BCUT2D eigenvalue weighted by atomic mass is 16.5. The van der Waals surface area contributed by atoms with Crippen molar-refractivity contribution in [2.45, 2.75) is 18.8 Å². The van der Waals surface area contributed by atoms with Gasteiger partial charge in [0.05, 0.1) is 12.5 Å². The van der Waals surface area contributed by atoms with E-state index in [9.17, 15) is 9.59 Å². The van der Waals surface area contributed by atoms with Gasteiger partial charge < -0.3 is 9.64 Å². The maximum Gasteiger partial charge on any atom is 0.237 e. The lowest BCUT2D eigenvalue weighted by Gasteiger charge is -2.22. The maximum absolute atomic E-state index is 12.8. The molecule has 0 N–H and O–H groups in total. The summed E-state index contributed by atoms with van der Waals surface area (Å²) in [6, 6.07) is 14.6. The SMILES string of the molecule is COc1ccc2c(c1)[C@@](C)(CC(=O)c1ccccc1)C(=O)N2C. The van der Waals surface area contributed by atoms with Crippen LogP contribution in [0.15, 0.2) is 48.5 Å². The van der Waals surface area contributed by atoms with E-state index in [2.05, 4.69) is 0 Å². The van der Waals surface area contributed by atoms with E-state index >= 15 is 0 Å². The van der Waals surface area contributed by atoms with E-state index in [1.807, 2.05) is 43.3 Å². The number of carbonyl (C=O) groups is 2. The van der Waals surface area contributed by atoms with Crippen molar-refractivity contribution in [3.8, 4) is 5.75 Å². The highest BCUT2D eigenvalue weighted by Crippen LogP contribution is 2.45. The molecule has 1 atom stereocenters. The zero-order valence-corrected chi connectivity index (χ0v) is 13.5. The first kappa shape index (κ1) is 15.3. The highest BCUT2D eigenvalue weighted by molar-refractivity contribution is 6.11. The third-order valence-electron chi connectivity index (χ3n) is 4.55. The molecule has 4 nitrogen and oxygen atoms in total. The predicted octanol–water partition coefficient (Wildman–Crippen LogP) is 3.20. The number of hydrogen-bond donors (Lipinski definition) is 0. The van der Waals surface area contributed by atoms with Crippen LogP contribution in [0.2, 0.25) is 0 Å². The van der Waals surface area contributed by atoms with Crippen LogP contribution in [-0.4, -0.2) is 25.8 Å². The molecule has 118 valence electrons. The zero-order chi connectivity index (χ0) is 16.6. The van der Waals surface area contributed by atoms with Gasteiger partial charge >= 0.3 is 0 Å². The van der Waals surface area contributed by atoms with Crippen LogP contribution in [0, 0.1) is 0 Å². The minimum absolute atomic E-state index is 0.0366. The first-order valence-electron chi connectivity index (χ1n) is 7.52. The summed E-state index contributed by atoms with van der Waals surface area (Å²) in [4.78, 5) is 27.0. The van der Waals surface area contributed by atoms with Gasteiger partial charge in [-0.3, -0.25) is 9.59 Å². The molecule has 0 aliphatic carbocycles. The molecule has 3 rings (SSSR count). The van der Waals surface area contributed by atoms with E-state index in [1.54, 1.807) is 31.2 Å². The van der Waals surface area contributed by atoms with Gasteiger partial charge in [0.15, 0.2) is 5.78 Å². The maximum atomic E-state index is 12.8. The zero-order valence-electron chi connectivity index (χ0n) is 13.5. The minimum Gasteiger partial charge on any atom is -0.497 e. The highest BCUT2D eigenvalue weighted by Gasteiger charge is 2.47. The van der Waals surface area contributed by atoms with Crippen LogP contribution in [0.1, 0.15) is 29.3 Å². The van der Waals surface area contributed by atoms with Gasteiger partial charge in [-0.15, -0.1) is 0 Å².